The summed E-state index contributed by atoms with van der Waals surface area (Å²) in [5.41, 5.74) is -1.32. The van der Waals surface area contributed by atoms with E-state index in [1.165, 1.54) is 4.90 Å². The van der Waals surface area contributed by atoms with Crippen molar-refractivity contribution >= 4 is 12.3 Å². The van der Waals surface area contributed by atoms with Gasteiger partial charge in [-0.15, -0.1) is 0 Å². The van der Waals surface area contributed by atoms with Crippen molar-refractivity contribution in [2.45, 2.75) is 19.8 Å². The van der Waals surface area contributed by atoms with Gasteiger partial charge in [0.2, 0.25) is 0 Å². The van der Waals surface area contributed by atoms with Crippen LogP contribution in [0.25, 0.3) is 0 Å². The van der Waals surface area contributed by atoms with Gasteiger partial charge in [0.25, 0.3) is 0 Å². The number of carbonyl (C=O) groups is 2. The summed E-state index contributed by atoms with van der Waals surface area (Å²) in [6.45, 7) is 4.07. The van der Waals surface area contributed by atoms with E-state index in [0.29, 0.717) is 13.1 Å². The summed E-state index contributed by atoms with van der Waals surface area (Å²) in [5.74, 6) is -6.06. The van der Waals surface area contributed by atoms with Gasteiger partial charge in [-0.25, -0.2) is 0 Å². The maximum absolute atomic E-state index is 12.8. The molecule has 0 amide bonds. The Bertz CT molecular complexity index is 278. The summed E-state index contributed by atoms with van der Waals surface area (Å²) in [6, 6.07) is 0. The third-order valence-corrected chi connectivity index (χ3v) is 1.85. The molecule has 0 aliphatic heterocycles. The van der Waals surface area contributed by atoms with Gasteiger partial charge in [-0.1, -0.05) is 0 Å². The molecule has 0 atom stereocenters. The number of aldehydes is 1. The molecular formula is C9H12F2NNaO3. The van der Waals surface area contributed by atoms with E-state index in [4.69, 9.17) is 0 Å². The third-order valence-electron chi connectivity index (χ3n) is 1.85. The van der Waals surface area contributed by atoms with E-state index in [1.807, 2.05) is 0 Å². The molecular weight excluding hydrogens is 231 g/mol. The quantitative estimate of drug-likeness (QED) is 0.280. The molecule has 0 aliphatic rings. The van der Waals surface area contributed by atoms with E-state index in [1.54, 1.807) is 13.8 Å². The Morgan fingerprint density at radius 2 is 1.81 bits per heavy atom. The molecule has 0 rings (SSSR count). The second-order valence-electron chi connectivity index (χ2n) is 2.79. The first-order valence-corrected chi connectivity index (χ1v) is 4.40. The van der Waals surface area contributed by atoms with Crippen LogP contribution in [0, 0.1) is 0 Å². The van der Waals surface area contributed by atoms with Gasteiger partial charge in [0, 0.05) is 19.3 Å². The van der Waals surface area contributed by atoms with E-state index in [0.717, 1.165) is 6.20 Å². The number of halogens is 2. The van der Waals surface area contributed by atoms with Gasteiger partial charge < -0.3 is 14.8 Å². The zero-order chi connectivity index (χ0) is 12.1. The van der Waals surface area contributed by atoms with E-state index >= 15 is 0 Å². The van der Waals surface area contributed by atoms with Crippen LogP contribution in [0.2, 0.25) is 0 Å². The van der Waals surface area contributed by atoms with Crippen LogP contribution in [0.5, 0.6) is 0 Å². The number of aliphatic carboxylic acids is 1. The molecule has 7 heteroatoms. The first-order valence-electron chi connectivity index (χ1n) is 4.40. The van der Waals surface area contributed by atoms with Crippen LogP contribution in [-0.2, 0) is 9.59 Å². The van der Waals surface area contributed by atoms with Crippen molar-refractivity contribution in [1.82, 2.24) is 4.90 Å². The molecule has 0 unspecified atom stereocenters. The Morgan fingerprint density at radius 3 is 2.06 bits per heavy atom. The first kappa shape index (κ1) is 17.9. The predicted molar refractivity (Wildman–Crippen MR) is 47.0 cm³/mol. The van der Waals surface area contributed by atoms with Gasteiger partial charge >= 0.3 is 35.5 Å². The van der Waals surface area contributed by atoms with Crippen LogP contribution in [-0.4, -0.2) is 36.2 Å². The largest absolute Gasteiger partial charge is 1.00 e. The van der Waals surface area contributed by atoms with Gasteiger partial charge in [-0.3, -0.25) is 4.79 Å². The molecule has 16 heavy (non-hydrogen) atoms. The fourth-order valence-electron chi connectivity index (χ4n) is 0.927. The molecule has 0 saturated carbocycles. The van der Waals surface area contributed by atoms with Crippen LogP contribution in [0.3, 0.4) is 0 Å². The van der Waals surface area contributed by atoms with Crippen LogP contribution in [0.4, 0.5) is 8.78 Å². The Kier molecular flexibility index (Phi) is 8.69. The number of nitrogens with zero attached hydrogens (tertiary/aromatic N) is 1. The summed E-state index contributed by atoms with van der Waals surface area (Å²) < 4.78 is 25.6. The standard InChI is InChI=1S/C9H13F2NO3.Na/c1-3-12(4-2)5-7(8(14)15)9(10,11)6-13;/h5-6H,3-4H2,1-2H3,(H,14,15);/q;+1/p-1. The van der Waals surface area contributed by atoms with Crippen molar-refractivity contribution in [1.29, 1.82) is 0 Å². The van der Waals surface area contributed by atoms with Crippen molar-refractivity contribution in [2.75, 3.05) is 13.1 Å². The van der Waals surface area contributed by atoms with E-state index < -0.39 is 23.8 Å². The minimum absolute atomic E-state index is 0. The smallest absolute Gasteiger partial charge is 0.545 e. The molecule has 0 N–H and O–H groups in total. The number of hydrogen-bond acceptors (Lipinski definition) is 4. The van der Waals surface area contributed by atoms with Crippen LogP contribution in [0.15, 0.2) is 11.8 Å². The normalized spacial score (nSPS) is 11.6. The van der Waals surface area contributed by atoms with Gasteiger partial charge in [0.05, 0.1) is 11.5 Å². The topological polar surface area (TPSA) is 60.4 Å². The molecule has 0 fully saturated rings. The zero-order valence-electron chi connectivity index (χ0n) is 9.50. The van der Waals surface area contributed by atoms with Crippen molar-refractivity contribution in [2.24, 2.45) is 0 Å². The number of hydrogen-bond donors (Lipinski definition) is 0. The molecule has 4 nitrogen and oxygen atoms in total. The average Bonchev–Trinajstić information content (AvgIpc) is 2.18. The van der Waals surface area contributed by atoms with Crippen molar-refractivity contribution in [3.63, 3.8) is 0 Å². The monoisotopic (exact) mass is 243 g/mol. The summed E-state index contributed by atoms with van der Waals surface area (Å²) in [4.78, 5) is 21.8. The third kappa shape index (κ3) is 5.05. The molecule has 0 spiro atoms. The Morgan fingerprint density at radius 1 is 1.38 bits per heavy atom. The fraction of sp³-hybridized carbons (Fsp3) is 0.556. The van der Waals surface area contributed by atoms with Gasteiger partial charge in [-0.05, 0) is 13.8 Å². The number of carboxylic acids is 1. The van der Waals surface area contributed by atoms with Gasteiger partial charge in [0.1, 0.15) is 0 Å². The molecule has 0 bridgehead atoms. The average molecular weight is 243 g/mol. The fourth-order valence-corrected chi connectivity index (χ4v) is 0.927. The van der Waals surface area contributed by atoms with Crippen molar-refractivity contribution in [3.8, 4) is 0 Å². The second kappa shape index (κ2) is 7.76. The van der Waals surface area contributed by atoms with Gasteiger partial charge in [-0.2, -0.15) is 8.78 Å². The van der Waals surface area contributed by atoms with Crippen molar-refractivity contribution < 1.29 is 53.0 Å². The van der Waals surface area contributed by atoms with E-state index in [2.05, 4.69) is 0 Å². The summed E-state index contributed by atoms with van der Waals surface area (Å²) in [5, 5.41) is 10.4. The Hall–Kier alpha value is -0.460. The van der Waals surface area contributed by atoms with Crippen molar-refractivity contribution in [3.05, 3.63) is 11.8 Å². The molecule has 86 valence electrons. The summed E-state index contributed by atoms with van der Waals surface area (Å²) in [7, 11) is 0. The van der Waals surface area contributed by atoms with E-state index in [-0.39, 0.29) is 29.6 Å². The zero-order valence-corrected chi connectivity index (χ0v) is 11.5. The molecule has 0 aromatic carbocycles. The van der Waals surface area contributed by atoms with E-state index in [9.17, 15) is 23.5 Å². The Labute approximate surface area is 115 Å². The summed E-state index contributed by atoms with van der Waals surface area (Å²) >= 11 is 0. The second-order valence-corrected chi connectivity index (χ2v) is 2.79. The molecule has 0 aromatic rings. The van der Waals surface area contributed by atoms with Gasteiger partial charge in [0.15, 0.2) is 6.29 Å². The number of alkyl halides is 2. The van der Waals surface area contributed by atoms with Crippen LogP contribution >= 0.6 is 0 Å². The maximum Gasteiger partial charge on any atom is 1.00 e. The first-order chi connectivity index (χ1) is 6.88. The minimum atomic E-state index is -4.01. The SMILES string of the molecule is CCN(C=C(C(=O)[O-])C(F)(F)C=O)CC.[Na+]. The summed E-state index contributed by atoms with van der Waals surface area (Å²) in [6.07, 6.45) is 0.0296. The number of carboxylic acid groups (broad SMARTS) is 1. The molecule has 0 radical (unpaired) electrons. The predicted octanol–water partition coefficient (Wildman–Crippen LogP) is -3.20. The number of carbonyl (C=O) groups excluding carboxylic acids is 2. The maximum atomic E-state index is 12.8. The molecule has 0 aromatic heterocycles. The molecule has 0 saturated heterocycles. The van der Waals surface area contributed by atoms with Crippen LogP contribution < -0.4 is 34.7 Å². The Balaban J connectivity index is 0. The van der Waals surface area contributed by atoms with Crippen LogP contribution in [0.1, 0.15) is 13.8 Å². The minimum Gasteiger partial charge on any atom is -0.545 e. The number of rotatable bonds is 6. The molecule has 0 heterocycles. The molecule has 0 aliphatic carbocycles.